The van der Waals surface area contributed by atoms with Gasteiger partial charge in [-0.1, -0.05) is 12.1 Å². The summed E-state index contributed by atoms with van der Waals surface area (Å²) in [6.45, 7) is 9.12. The maximum atomic E-state index is 13.9. The molecule has 0 spiro atoms. The van der Waals surface area contributed by atoms with E-state index in [1.54, 1.807) is 26.4 Å². The third-order valence-corrected chi connectivity index (χ3v) is 7.66. The number of nitrogens with zero attached hydrogens (tertiary/aromatic N) is 5. The van der Waals surface area contributed by atoms with Crippen LogP contribution in [0.4, 0.5) is 10.2 Å². The quantitative estimate of drug-likeness (QED) is 0.173. The number of halogens is 1. The van der Waals surface area contributed by atoms with Gasteiger partial charge >= 0.3 is 7.60 Å². The molecule has 0 saturated carbocycles. The Hall–Kier alpha value is -2.18. The molecule has 0 aliphatic rings. The number of hydrogen-bond donors (Lipinski definition) is 0. The Bertz CT molecular complexity index is 992. The second-order valence-corrected chi connectivity index (χ2v) is 9.41. The summed E-state index contributed by atoms with van der Waals surface area (Å²) in [7, 11) is -3.83. The van der Waals surface area contributed by atoms with Crippen LogP contribution in [0.15, 0.2) is 34.3 Å². The average molecular weight is 482 g/mol. The molecular weight excluding hydrogens is 452 g/mol. The van der Waals surface area contributed by atoms with Gasteiger partial charge in [-0.05, 0) is 51.6 Å². The lowest BCUT2D eigenvalue weighted by molar-refractivity contribution is 0.206. The molecule has 0 aliphatic heterocycles. The molecule has 32 heavy (non-hydrogen) atoms. The van der Waals surface area contributed by atoms with Crippen molar-refractivity contribution in [1.82, 2.24) is 14.7 Å². The summed E-state index contributed by atoms with van der Waals surface area (Å²) in [6.07, 6.45) is 3.43. The Kier molecular flexibility index (Phi) is 9.91. The summed E-state index contributed by atoms with van der Waals surface area (Å²) < 4.78 is 40.3. The van der Waals surface area contributed by atoms with E-state index in [9.17, 15) is 14.2 Å². The fourth-order valence-electron chi connectivity index (χ4n) is 3.09. The van der Waals surface area contributed by atoms with Gasteiger partial charge in [0.2, 0.25) is 0 Å². The monoisotopic (exact) mass is 481 g/mol. The summed E-state index contributed by atoms with van der Waals surface area (Å²) in [5, 5.41) is 14.8. The number of aromatic nitrogens is 2. The SMILES string of the molecule is CCOP(=O)(OCC)C(c1ccc(F)cc1)n1nc(SC)c(C#N)c1/N=C/N(CC)CC. The highest BCUT2D eigenvalue weighted by atomic mass is 32.2. The van der Waals surface area contributed by atoms with Crippen LogP contribution in [0.3, 0.4) is 0 Å². The summed E-state index contributed by atoms with van der Waals surface area (Å²) >= 11 is 1.28. The van der Waals surface area contributed by atoms with Crippen molar-refractivity contribution in [3.8, 4) is 6.07 Å². The van der Waals surface area contributed by atoms with E-state index >= 15 is 0 Å². The fraction of sp³-hybridized carbons (Fsp3) is 0.476. The predicted octanol–water partition coefficient (Wildman–Crippen LogP) is 5.43. The number of rotatable bonds is 12. The van der Waals surface area contributed by atoms with Crippen molar-refractivity contribution in [2.45, 2.75) is 38.5 Å². The molecule has 0 bridgehead atoms. The van der Waals surface area contributed by atoms with Crippen molar-refractivity contribution >= 4 is 31.5 Å². The van der Waals surface area contributed by atoms with Crippen molar-refractivity contribution in [2.75, 3.05) is 32.6 Å². The lowest BCUT2D eigenvalue weighted by atomic mass is 10.2. The minimum atomic E-state index is -3.83. The molecule has 0 fully saturated rings. The van der Waals surface area contributed by atoms with Gasteiger partial charge in [0.1, 0.15) is 22.5 Å². The summed E-state index contributed by atoms with van der Waals surface area (Å²) in [5.74, 6) is -1.25. The van der Waals surface area contributed by atoms with Gasteiger partial charge in [0, 0.05) is 13.1 Å². The molecule has 8 nitrogen and oxygen atoms in total. The van der Waals surface area contributed by atoms with Crippen LogP contribution in [0, 0.1) is 17.1 Å². The largest absolute Gasteiger partial charge is 0.363 e. The Morgan fingerprint density at radius 1 is 1.25 bits per heavy atom. The van der Waals surface area contributed by atoms with Gasteiger partial charge in [0.15, 0.2) is 11.6 Å². The molecule has 1 heterocycles. The van der Waals surface area contributed by atoms with E-state index in [1.165, 1.54) is 40.7 Å². The molecule has 1 atom stereocenters. The molecule has 2 aromatic rings. The van der Waals surface area contributed by atoms with Crippen LogP contribution in [0.1, 0.15) is 44.6 Å². The zero-order valence-corrected chi connectivity index (χ0v) is 20.7. The van der Waals surface area contributed by atoms with Crippen molar-refractivity contribution in [3.63, 3.8) is 0 Å². The minimum absolute atomic E-state index is 0.134. The zero-order chi connectivity index (χ0) is 23.7. The van der Waals surface area contributed by atoms with Crippen LogP contribution >= 0.6 is 19.4 Å². The van der Waals surface area contributed by atoms with E-state index in [1.807, 2.05) is 18.7 Å². The van der Waals surface area contributed by atoms with Crippen LogP contribution in [-0.2, 0) is 13.6 Å². The second-order valence-electron chi connectivity index (χ2n) is 6.53. The topological polar surface area (TPSA) is 92.7 Å². The normalized spacial score (nSPS) is 12.8. The van der Waals surface area contributed by atoms with E-state index in [4.69, 9.17) is 9.05 Å². The number of nitriles is 1. The number of aliphatic imine (C=N–C) groups is 1. The van der Waals surface area contributed by atoms with E-state index in [0.29, 0.717) is 10.6 Å². The van der Waals surface area contributed by atoms with Gasteiger partial charge in [-0.15, -0.1) is 11.8 Å². The third kappa shape index (κ3) is 5.78. The highest BCUT2D eigenvalue weighted by Crippen LogP contribution is 2.62. The lowest BCUT2D eigenvalue weighted by Crippen LogP contribution is -2.21. The van der Waals surface area contributed by atoms with Gasteiger partial charge in [-0.3, -0.25) is 4.57 Å². The molecule has 1 aromatic carbocycles. The first-order valence-corrected chi connectivity index (χ1v) is 13.2. The van der Waals surface area contributed by atoms with E-state index in [2.05, 4.69) is 16.2 Å². The molecule has 0 saturated heterocycles. The summed E-state index contributed by atoms with van der Waals surface area (Å²) in [4.78, 5) is 6.50. The van der Waals surface area contributed by atoms with Crippen molar-refractivity contribution in [2.24, 2.45) is 4.99 Å². The van der Waals surface area contributed by atoms with Gasteiger partial charge in [-0.2, -0.15) is 10.4 Å². The van der Waals surface area contributed by atoms with E-state index < -0.39 is 19.2 Å². The molecule has 1 unspecified atom stereocenters. The zero-order valence-electron chi connectivity index (χ0n) is 19.0. The van der Waals surface area contributed by atoms with Gasteiger partial charge < -0.3 is 13.9 Å². The van der Waals surface area contributed by atoms with Crippen molar-refractivity contribution < 1.29 is 18.0 Å². The first-order valence-electron chi connectivity index (χ1n) is 10.4. The van der Waals surface area contributed by atoms with Gasteiger partial charge in [0.25, 0.3) is 0 Å². The molecule has 1 aromatic heterocycles. The first kappa shape index (κ1) is 26.1. The first-order chi connectivity index (χ1) is 15.4. The van der Waals surface area contributed by atoms with Gasteiger partial charge in [-0.25, -0.2) is 14.1 Å². The molecular formula is C21H29FN5O3PS. The third-order valence-electron chi connectivity index (χ3n) is 4.63. The number of hydrogen-bond acceptors (Lipinski definition) is 7. The maximum absolute atomic E-state index is 13.9. The highest BCUT2D eigenvalue weighted by Gasteiger charge is 2.41. The molecule has 0 amide bonds. The molecule has 2 rings (SSSR count). The second kappa shape index (κ2) is 12.2. The summed E-state index contributed by atoms with van der Waals surface area (Å²) in [6, 6.07) is 7.72. The summed E-state index contributed by atoms with van der Waals surface area (Å²) in [5.41, 5.74) is 0.725. The smallest absolute Gasteiger partial charge is 0.359 e. The predicted molar refractivity (Wildman–Crippen MR) is 125 cm³/mol. The standard InChI is InChI=1S/C21H29FN5O3PS/c1-6-26(7-2)15-24-19-18(14-23)20(32-5)25-27(19)21(16-10-12-17(22)13-11-16)31(28,29-8-3)30-9-4/h10-13,15,21H,6-9H2,1-5H3/b24-15+. The van der Waals surface area contributed by atoms with Crippen LogP contribution in [-0.4, -0.2) is 53.6 Å². The molecule has 0 radical (unpaired) electrons. The van der Waals surface area contributed by atoms with E-state index in [0.717, 1.165) is 13.1 Å². The van der Waals surface area contributed by atoms with Crippen LogP contribution in [0.5, 0.6) is 0 Å². The minimum Gasteiger partial charge on any atom is -0.363 e. The number of benzene rings is 1. The average Bonchev–Trinajstić information content (AvgIpc) is 3.13. The molecule has 0 N–H and O–H groups in total. The highest BCUT2D eigenvalue weighted by molar-refractivity contribution is 7.98. The van der Waals surface area contributed by atoms with Gasteiger partial charge in [0.05, 0.1) is 19.6 Å². The van der Waals surface area contributed by atoms with Crippen LogP contribution < -0.4 is 0 Å². The van der Waals surface area contributed by atoms with Crippen molar-refractivity contribution in [1.29, 1.82) is 5.26 Å². The fourth-order valence-corrected chi connectivity index (χ4v) is 5.65. The van der Waals surface area contributed by atoms with Crippen molar-refractivity contribution in [3.05, 3.63) is 41.2 Å². The maximum Gasteiger partial charge on any atom is 0.359 e. The Labute approximate surface area is 193 Å². The van der Waals surface area contributed by atoms with Crippen LogP contribution in [0.25, 0.3) is 0 Å². The molecule has 0 aliphatic carbocycles. The molecule has 174 valence electrons. The number of thioether (sulfide) groups is 1. The van der Waals surface area contributed by atoms with Crippen LogP contribution in [0.2, 0.25) is 0 Å². The molecule has 11 heteroatoms. The van der Waals surface area contributed by atoms with E-state index in [-0.39, 0.29) is 24.6 Å². The lowest BCUT2D eigenvalue weighted by Gasteiger charge is -2.27. The Morgan fingerprint density at radius 2 is 1.84 bits per heavy atom. The Balaban J connectivity index is 2.82. The Morgan fingerprint density at radius 3 is 2.31 bits per heavy atom.